The lowest BCUT2D eigenvalue weighted by Crippen LogP contribution is -2.08. The number of nitrogens with two attached hydrogens (primary N) is 2. The van der Waals surface area contributed by atoms with Gasteiger partial charge < -0.3 is 54.6 Å². The number of ether oxygens (including phenoxy) is 4. The minimum atomic E-state index is -4.15. The van der Waals surface area contributed by atoms with E-state index in [1.54, 1.807) is 15.5 Å². The second kappa shape index (κ2) is 46.4. The Morgan fingerprint density at radius 3 is 1.32 bits per heavy atom. The number of rotatable bonds is 48. The molecule has 442 valence electrons. The van der Waals surface area contributed by atoms with Crippen LogP contribution in [0.5, 0.6) is 0 Å². The Bertz CT molecular complexity index is 2080. The van der Waals surface area contributed by atoms with Gasteiger partial charge in [-0.25, -0.2) is 29.9 Å². The van der Waals surface area contributed by atoms with E-state index in [2.05, 4.69) is 43.8 Å². The largest absolute Gasteiger partial charge is 0.396 e. The van der Waals surface area contributed by atoms with Crippen LogP contribution in [0.2, 0.25) is 0 Å². The number of hydrogen-bond donors (Lipinski definition) is 6. The van der Waals surface area contributed by atoms with Crippen molar-refractivity contribution in [3.8, 4) is 0 Å². The molecule has 0 aromatic carbocycles. The molecule has 0 aliphatic rings. The van der Waals surface area contributed by atoms with Crippen LogP contribution in [-0.4, -0.2) is 118 Å². The topological polar surface area (TPSA) is 300 Å². The molecule has 23 heteroatoms. The normalized spacial score (nSPS) is 12.4. The Labute approximate surface area is 460 Å². The van der Waals surface area contributed by atoms with E-state index in [4.69, 9.17) is 49.8 Å². The standard InChI is InChI=1S/C27H50N5O5P.C19H40O2.C8H10N5O4P/c1-2-3-4-5-6-7-8-9-10-11-12-13-14-15-18-35-19-16-20-37-38(33,34)24-36-21-17-32-23-31-25-26(28)29-22-30-27(25)32;1-2-3-4-5-6-7-8-9-10-11-12-13-14-15-18-21-19-16-17-20;9-7-6-8(11-3-10-7)13(4-12-6)1-2-17-5-18(14,15)16/h22-23H,2-21,24H2,1H3,(H,33,34)(H2,28,29,30);20H,2-19H2,1H3;2-4H,1,5H2,(H3-,9,10,11,14,15,16)/p+1. The van der Waals surface area contributed by atoms with Crippen molar-refractivity contribution in [3.05, 3.63) is 31.9 Å². The van der Waals surface area contributed by atoms with Crippen LogP contribution < -0.4 is 11.5 Å². The van der Waals surface area contributed by atoms with Crippen molar-refractivity contribution in [2.24, 2.45) is 0 Å². The molecule has 4 aromatic heterocycles. The molecule has 4 aromatic rings. The highest BCUT2D eigenvalue weighted by Gasteiger charge is 2.20. The summed E-state index contributed by atoms with van der Waals surface area (Å²) in [6.45, 7) is 9.95. The molecule has 0 amide bonds. The van der Waals surface area contributed by atoms with E-state index < -0.39 is 21.5 Å². The zero-order valence-electron chi connectivity index (χ0n) is 47.2. The molecule has 4 rings (SSSR count). The van der Waals surface area contributed by atoms with E-state index in [0.717, 1.165) is 32.7 Å². The van der Waals surface area contributed by atoms with Gasteiger partial charge >= 0.3 is 15.2 Å². The maximum absolute atomic E-state index is 12.1. The van der Waals surface area contributed by atoms with Crippen molar-refractivity contribution in [1.29, 1.82) is 0 Å². The number of nitrogens with zero attached hydrogens (tertiary/aromatic N) is 8. The van der Waals surface area contributed by atoms with E-state index in [1.165, 1.54) is 199 Å². The lowest BCUT2D eigenvalue weighted by atomic mass is 10.0. The molecule has 0 saturated carbocycles. The highest BCUT2D eigenvalue weighted by Crippen LogP contribution is 2.41. The van der Waals surface area contributed by atoms with Gasteiger partial charge in [0.2, 0.25) is 6.61 Å². The lowest BCUT2D eigenvalue weighted by molar-refractivity contribution is 0.106. The first-order valence-electron chi connectivity index (χ1n) is 29.0. The summed E-state index contributed by atoms with van der Waals surface area (Å²) in [6.07, 6.45) is 44.4. The zero-order valence-corrected chi connectivity index (χ0v) is 48.9. The van der Waals surface area contributed by atoms with E-state index >= 15 is 0 Å². The first-order chi connectivity index (χ1) is 37.4. The van der Waals surface area contributed by atoms with Crippen LogP contribution in [0.15, 0.2) is 25.3 Å². The Kier molecular flexibility index (Phi) is 42.1. The van der Waals surface area contributed by atoms with E-state index in [1.807, 2.05) is 0 Å². The van der Waals surface area contributed by atoms with E-state index in [0.29, 0.717) is 47.7 Å². The van der Waals surface area contributed by atoms with Crippen molar-refractivity contribution in [3.63, 3.8) is 0 Å². The highest BCUT2D eigenvalue weighted by atomic mass is 31.2. The summed E-state index contributed by atoms with van der Waals surface area (Å²) in [7, 11) is -7.95. The summed E-state index contributed by atoms with van der Waals surface area (Å²) in [6, 6.07) is 0. The Balaban J connectivity index is 0.000000437. The van der Waals surface area contributed by atoms with Crippen LogP contribution in [0.25, 0.3) is 22.3 Å². The van der Waals surface area contributed by atoms with Gasteiger partial charge in [-0.3, -0.25) is 13.7 Å². The number of aliphatic hydroxyl groups is 1. The van der Waals surface area contributed by atoms with Gasteiger partial charge in [0.1, 0.15) is 36.4 Å². The highest BCUT2D eigenvalue weighted by molar-refractivity contribution is 7.52. The fourth-order valence-electron chi connectivity index (χ4n) is 8.29. The fourth-order valence-corrected chi connectivity index (χ4v) is 9.44. The van der Waals surface area contributed by atoms with E-state index in [9.17, 15) is 14.0 Å². The van der Waals surface area contributed by atoms with Crippen molar-refractivity contribution in [2.75, 3.05) is 70.4 Å². The summed E-state index contributed by atoms with van der Waals surface area (Å²) in [5, 5.41) is 8.61. The summed E-state index contributed by atoms with van der Waals surface area (Å²) in [4.78, 5) is 51.2. The van der Waals surface area contributed by atoms with Crippen LogP contribution in [-0.2, 0) is 45.7 Å². The van der Waals surface area contributed by atoms with Crippen molar-refractivity contribution in [1.82, 2.24) is 39.0 Å². The molecular weight excluding hydrogens is 1030 g/mol. The number of unbranched alkanes of at least 4 members (excludes halogenated alkanes) is 26. The molecular formula is C54H101N10O11P2+. The summed E-state index contributed by atoms with van der Waals surface area (Å²) < 4.78 is 52.3. The van der Waals surface area contributed by atoms with Crippen molar-refractivity contribution >= 4 is 49.2 Å². The second-order valence-corrected chi connectivity index (χ2v) is 23.1. The average molecular weight is 1130 g/mol. The number of imidazole rings is 2. The maximum Gasteiger partial charge on any atom is 0.356 e. The fraction of sp³-hybridized carbons (Fsp3) is 0.796. The minimum Gasteiger partial charge on any atom is -0.396 e. The molecule has 1 atom stereocenters. The third-order valence-corrected chi connectivity index (χ3v) is 14.3. The predicted molar refractivity (Wildman–Crippen MR) is 307 cm³/mol. The lowest BCUT2D eigenvalue weighted by Gasteiger charge is -2.13. The summed E-state index contributed by atoms with van der Waals surface area (Å²) in [5.74, 6) is 0.585. The minimum absolute atomic E-state index is 0.165. The van der Waals surface area contributed by atoms with Gasteiger partial charge in [0, 0.05) is 39.6 Å². The number of hydrogen-bond acceptors (Lipinski definition) is 16. The predicted octanol–water partition coefficient (Wildman–Crippen LogP) is 12.1. The molecule has 4 heterocycles. The summed E-state index contributed by atoms with van der Waals surface area (Å²) >= 11 is 0. The van der Waals surface area contributed by atoms with Crippen LogP contribution in [0, 0.1) is 6.61 Å². The second-order valence-electron chi connectivity index (χ2n) is 19.7. The van der Waals surface area contributed by atoms with Gasteiger partial charge in [0.05, 0.1) is 19.5 Å². The number of aliphatic hydroxyl groups excluding tert-OH is 1. The van der Waals surface area contributed by atoms with Gasteiger partial charge in [-0.1, -0.05) is 181 Å². The average Bonchev–Trinajstić information content (AvgIpc) is 4.06. The van der Waals surface area contributed by atoms with Gasteiger partial charge in [0.15, 0.2) is 35.8 Å². The number of nitrogen functional groups attached to an aromatic ring is 2. The quantitative estimate of drug-likeness (QED) is 0.0136. The zero-order chi connectivity index (χ0) is 55.9. The molecule has 0 radical (unpaired) electrons. The Morgan fingerprint density at radius 1 is 0.481 bits per heavy atom. The maximum atomic E-state index is 12.1. The first-order valence-corrected chi connectivity index (χ1v) is 32.6. The monoisotopic (exact) mass is 1130 g/mol. The van der Waals surface area contributed by atoms with Crippen molar-refractivity contribution in [2.45, 2.75) is 220 Å². The summed E-state index contributed by atoms with van der Waals surface area (Å²) in [5.41, 5.74) is 13.5. The van der Waals surface area contributed by atoms with Gasteiger partial charge in [-0.2, -0.15) is 4.74 Å². The molecule has 1 unspecified atom stereocenters. The van der Waals surface area contributed by atoms with E-state index in [-0.39, 0.29) is 38.5 Å². The Morgan fingerprint density at radius 2 is 0.883 bits per heavy atom. The molecule has 0 spiro atoms. The molecule has 0 fully saturated rings. The molecule has 0 saturated heterocycles. The van der Waals surface area contributed by atoms with Crippen LogP contribution in [0.4, 0.5) is 11.6 Å². The SMILES string of the molecule is CCCCCCCCCCCCCCCCOCCCO.CCCCCCCCCCCCCCCCOCCCOP(=O)(O)COCCn1cnc2c(N)ncnc21.Nc1ncnc2c1ncn2C[CH+]OCP(=O)(O)O. The number of aromatic nitrogens is 8. The molecule has 21 nitrogen and oxygen atoms in total. The smallest absolute Gasteiger partial charge is 0.356 e. The number of fused-ring (bicyclic) bond motifs is 2. The Hall–Kier alpha value is -3.33. The van der Waals surface area contributed by atoms with Crippen LogP contribution in [0.3, 0.4) is 0 Å². The van der Waals surface area contributed by atoms with Crippen LogP contribution >= 0.6 is 15.2 Å². The molecule has 0 bridgehead atoms. The molecule has 8 N–H and O–H groups in total. The molecule has 0 aliphatic heterocycles. The van der Waals surface area contributed by atoms with Gasteiger partial charge in [0.25, 0.3) is 0 Å². The van der Waals surface area contributed by atoms with Gasteiger partial charge in [-0.05, 0) is 25.7 Å². The third-order valence-electron chi connectivity index (χ3n) is 12.7. The molecule has 77 heavy (non-hydrogen) atoms. The van der Waals surface area contributed by atoms with Gasteiger partial charge in [-0.15, -0.1) is 0 Å². The first kappa shape index (κ1) is 69.8. The molecule has 0 aliphatic carbocycles. The number of anilines is 2. The third kappa shape index (κ3) is 37.3. The van der Waals surface area contributed by atoms with Crippen LogP contribution in [0.1, 0.15) is 206 Å². The van der Waals surface area contributed by atoms with Crippen molar-refractivity contribution < 1.29 is 52.4 Å².